The van der Waals surface area contributed by atoms with Gasteiger partial charge in [-0.05, 0) is 19.3 Å². The molecule has 0 radical (unpaired) electrons. The lowest BCUT2D eigenvalue weighted by atomic mass is 10.2. The van der Waals surface area contributed by atoms with Gasteiger partial charge in [0.15, 0.2) is 9.84 Å². The fourth-order valence-electron chi connectivity index (χ4n) is 2.69. The highest BCUT2D eigenvalue weighted by atomic mass is 32.2. The predicted octanol–water partition coefficient (Wildman–Crippen LogP) is -0.226. The number of hydrogen-bond donors (Lipinski definition) is 1. The summed E-state index contributed by atoms with van der Waals surface area (Å²) in [7, 11) is -1.51. The van der Waals surface area contributed by atoms with Gasteiger partial charge >= 0.3 is 12.0 Å². The van der Waals surface area contributed by atoms with E-state index in [4.69, 9.17) is 5.11 Å². The molecule has 7 nitrogen and oxygen atoms in total. The van der Waals surface area contributed by atoms with Crippen LogP contribution < -0.4 is 0 Å². The summed E-state index contributed by atoms with van der Waals surface area (Å²) in [4.78, 5) is 26.0. The molecule has 0 spiro atoms. The third kappa shape index (κ3) is 2.83. The van der Waals surface area contributed by atoms with Gasteiger partial charge in [0.2, 0.25) is 0 Å². The summed E-state index contributed by atoms with van der Waals surface area (Å²) >= 11 is 0. The van der Waals surface area contributed by atoms with Crippen molar-refractivity contribution >= 4 is 21.8 Å². The first-order chi connectivity index (χ1) is 8.82. The zero-order chi connectivity index (χ0) is 14.2. The average molecular weight is 290 g/mol. The Kier molecular flexibility index (Phi) is 3.71. The fraction of sp³-hybridized carbons (Fsp3) is 0.818. The number of nitrogens with zero attached hydrogens (tertiary/aromatic N) is 2. The number of sulfone groups is 1. The third-order valence-electron chi connectivity index (χ3n) is 3.84. The van der Waals surface area contributed by atoms with Gasteiger partial charge in [-0.1, -0.05) is 0 Å². The topological polar surface area (TPSA) is 95.0 Å². The Morgan fingerprint density at radius 3 is 2.53 bits per heavy atom. The van der Waals surface area contributed by atoms with E-state index in [9.17, 15) is 18.0 Å². The Balaban J connectivity index is 2.05. The fourth-order valence-corrected chi connectivity index (χ4v) is 4.47. The van der Waals surface area contributed by atoms with Crippen molar-refractivity contribution in [1.29, 1.82) is 0 Å². The molecule has 2 heterocycles. The number of rotatable bonds is 2. The van der Waals surface area contributed by atoms with Gasteiger partial charge in [-0.15, -0.1) is 0 Å². The maximum Gasteiger partial charge on any atom is 0.326 e. The molecule has 108 valence electrons. The molecule has 0 aromatic rings. The number of aliphatic carboxylic acids is 1. The van der Waals surface area contributed by atoms with Crippen LogP contribution in [0.15, 0.2) is 0 Å². The lowest BCUT2D eigenvalue weighted by Gasteiger charge is -2.30. The Morgan fingerprint density at radius 2 is 2.00 bits per heavy atom. The number of urea groups is 1. The standard InChI is InChI=1S/C11H18N2O5S/c1-12(8-4-6-19(17,18)7-8)11(16)13-5-2-3-9(13)10(14)15/h8-9H,2-7H2,1H3,(H,14,15)/t8?,9-/m1/s1. The Labute approximate surface area is 112 Å². The molecule has 1 unspecified atom stereocenters. The van der Waals surface area contributed by atoms with Crippen LogP contribution >= 0.6 is 0 Å². The first kappa shape index (κ1) is 14.1. The van der Waals surface area contributed by atoms with E-state index in [1.54, 1.807) is 7.05 Å². The summed E-state index contributed by atoms with van der Waals surface area (Å²) in [5.41, 5.74) is 0. The molecule has 1 N–H and O–H groups in total. The van der Waals surface area contributed by atoms with Gasteiger partial charge < -0.3 is 14.9 Å². The quantitative estimate of drug-likeness (QED) is 0.758. The van der Waals surface area contributed by atoms with Crippen LogP contribution in [0.5, 0.6) is 0 Å². The van der Waals surface area contributed by atoms with Crippen LogP contribution in [0.3, 0.4) is 0 Å². The van der Waals surface area contributed by atoms with Gasteiger partial charge in [0.05, 0.1) is 11.5 Å². The molecule has 0 aliphatic carbocycles. The molecule has 2 aliphatic rings. The minimum atomic E-state index is -3.06. The van der Waals surface area contributed by atoms with Crippen molar-refractivity contribution in [1.82, 2.24) is 9.80 Å². The van der Waals surface area contributed by atoms with E-state index in [0.29, 0.717) is 25.8 Å². The first-order valence-electron chi connectivity index (χ1n) is 6.28. The highest BCUT2D eigenvalue weighted by Crippen LogP contribution is 2.22. The van der Waals surface area contributed by atoms with Crippen LogP contribution in [-0.2, 0) is 14.6 Å². The molecule has 2 rings (SSSR count). The van der Waals surface area contributed by atoms with Crippen molar-refractivity contribution in [3.05, 3.63) is 0 Å². The molecular weight excluding hydrogens is 272 g/mol. The highest BCUT2D eigenvalue weighted by molar-refractivity contribution is 7.91. The number of carboxylic acids is 1. The van der Waals surface area contributed by atoms with E-state index >= 15 is 0 Å². The molecule has 0 aromatic carbocycles. The van der Waals surface area contributed by atoms with Crippen LogP contribution in [0.4, 0.5) is 4.79 Å². The van der Waals surface area contributed by atoms with Crippen LogP contribution in [0.2, 0.25) is 0 Å². The molecule has 19 heavy (non-hydrogen) atoms. The van der Waals surface area contributed by atoms with Crippen molar-refractivity contribution in [2.24, 2.45) is 0 Å². The van der Waals surface area contributed by atoms with E-state index in [1.165, 1.54) is 9.80 Å². The summed E-state index contributed by atoms with van der Waals surface area (Å²) in [6, 6.07) is -1.51. The second-order valence-electron chi connectivity index (χ2n) is 5.14. The van der Waals surface area contributed by atoms with Gasteiger partial charge in [0, 0.05) is 19.6 Å². The molecule has 2 fully saturated rings. The monoisotopic (exact) mass is 290 g/mol. The highest BCUT2D eigenvalue weighted by Gasteiger charge is 2.39. The Hall–Kier alpha value is -1.31. The summed E-state index contributed by atoms with van der Waals surface area (Å²) in [6.45, 7) is 0.416. The zero-order valence-corrected chi connectivity index (χ0v) is 11.6. The number of carboxylic acid groups (broad SMARTS) is 1. The van der Waals surface area contributed by atoms with Crippen molar-refractivity contribution in [3.63, 3.8) is 0 Å². The van der Waals surface area contributed by atoms with Gasteiger partial charge in [-0.3, -0.25) is 0 Å². The van der Waals surface area contributed by atoms with Crippen molar-refractivity contribution < 1.29 is 23.1 Å². The van der Waals surface area contributed by atoms with Crippen molar-refractivity contribution in [2.45, 2.75) is 31.3 Å². The second kappa shape index (κ2) is 4.99. The van der Waals surface area contributed by atoms with E-state index in [0.717, 1.165) is 0 Å². The maximum atomic E-state index is 12.3. The minimum absolute atomic E-state index is 0.0270. The SMILES string of the molecule is CN(C(=O)N1CCC[C@@H]1C(=O)O)C1CCS(=O)(=O)C1. The summed E-state index contributed by atoms with van der Waals surface area (Å²) in [6.07, 6.45) is 1.55. The lowest BCUT2D eigenvalue weighted by molar-refractivity contribution is -0.141. The number of amides is 2. The molecule has 0 saturated carbocycles. The molecular formula is C11H18N2O5S. The second-order valence-corrected chi connectivity index (χ2v) is 7.37. The molecule has 2 atom stereocenters. The van der Waals surface area contributed by atoms with Crippen LogP contribution in [0.1, 0.15) is 19.3 Å². The molecule has 8 heteroatoms. The average Bonchev–Trinajstić information content (AvgIpc) is 2.93. The van der Waals surface area contributed by atoms with E-state index in [-0.39, 0.29) is 23.6 Å². The Morgan fingerprint density at radius 1 is 1.32 bits per heavy atom. The lowest BCUT2D eigenvalue weighted by Crippen LogP contribution is -2.50. The molecule has 2 aliphatic heterocycles. The largest absolute Gasteiger partial charge is 0.480 e. The zero-order valence-electron chi connectivity index (χ0n) is 10.8. The molecule has 0 bridgehead atoms. The normalized spacial score (nSPS) is 29.4. The summed E-state index contributed by atoms with van der Waals surface area (Å²) in [5, 5.41) is 9.05. The minimum Gasteiger partial charge on any atom is -0.480 e. The maximum absolute atomic E-state index is 12.3. The number of carbonyl (C=O) groups is 2. The van der Waals surface area contributed by atoms with E-state index in [2.05, 4.69) is 0 Å². The van der Waals surface area contributed by atoms with Gasteiger partial charge in [0.25, 0.3) is 0 Å². The predicted molar refractivity (Wildman–Crippen MR) is 67.6 cm³/mol. The van der Waals surface area contributed by atoms with E-state index in [1.807, 2.05) is 0 Å². The third-order valence-corrected chi connectivity index (χ3v) is 5.59. The van der Waals surface area contributed by atoms with E-state index < -0.39 is 21.8 Å². The number of likely N-dealkylation sites (tertiary alicyclic amines) is 1. The smallest absolute Gasteiger partial charge is 0.326 e. The van der Waals surface area contributed by atoms with Gasteiger partial charge in [0.1, 0.15) is 6.04 Å². The molecule has 2 saturated heterocycles. The van der Waals surface area contributed by atoms with Crippen LogP contribution in [0, 0.1) is 0 Å². The van der Waals surface area contributed by atoms with Gasteiger partial charge in [-0.2, -0.15) is 0 Å². The van der Waals surface area contributed by atoms with Crippen LogP contribution in [-0.4, -0.2) is 72.5 Å². The summed E-state index contributed by atoms with van der Waals surface area (Å²) in [5.74, 6) is -0.934. The summed E-state index contributed by atoms with van der Waals surface area (Å²) < 4.78 is 22.8. The van der Waals surface area contributed by atoms with Crippen molar-refractivity contribution in [2.75, 3.05) is 25.1 Å². The first-order valence-corrected chi connectivity index (χ1v) is 8.10. The number of carbonyl (C=O) groups excluding carboxylic acids is 1. The number of hydrogen-bond acceptors (Lipinski definition) is 4. The van der Waals surface area contributed by atoms with Gasteiger partial charge in [-0.25, -0.2) is 18.0 Å². The molecule has 2 amide bonds. The van der Waals surface area contributed by atoms with Crippen LogP contribution in [0.25, 0.3) is 0 Å². The Bertz CT molecular complexity index is 489. The van der Waals surface area contributed by atoms with Crippen molar-refractivity contribution in [3.8, 4) is 0 Å². The molecule has 0 aromatic heterocycles.